The van der Waals surface area contributed by atoms with Gasteiger partial charge >= 0.3 is 0 Å². The largest absolute Gasteiger partial charge is 0.389 e. The van der Waals surface area contributed by atoms with E-state index in [9.17, 15) is 19.1 Å². The van der Waals surface area contributed by atoms with Crippen LogP contribution >= 0.6 is 0 Å². The van der Waals surface area contributed by atoms with Crippen LogP contribution in [0.25, 0.3) is 11.0 Å². The van der Waals surface area contributed by atoms with Gasteiger partial charge in [-0.05, 0) is 95.8 Å². The third kappa shape index (κ3) is 6.65. The van der Waals surface area contributed by atoms with Crippen molar-refractivity contribution in [3.05, 3.63) is 59.5 Å². The molecule has 1 fully saturated rings. The van der Waals surface area contributed by atoms with Gasteiger partial charge in [0.2, 0.25) is 11.5 Å². The number of hydrogen-bond donors (Lipinski definition) is 4. The van der Waals surface area contributed by atoms with Gasteiger partial charge in [-0.3, -0.25) is 9.59 Å². The van der Waals surface area contributed by atoms with Crippen molar-refractivity contribution in [2.45, 2.75) is 71.1 Å². The van der Waals surface area contributed by atoms with Crippen molar-refractivity contribution in [2.75, 3.05) is 11.9 Å². The minimum absolute atomic E-state index is 0.0327. The number of aromatic amines is 1. The van der Waals surface area contributed by atoms with Gasteiger partial charge in [-0.1, -0.05) is 0 Å². The quantitative estimate of drug-likeness (QED) is 0.381. The number of anilines is 1. The zero-order chi connectivity index (χ0) is 26.7. The van der Waals surface area contributed by atoms with Gasteiger partial charge in [-0.15, -0.1) is 0 Å². The normalized spacial score (nSPS) is 18.8. The molecule has 0 saturated heterocycles. The summed E-state index contributed by atoms with van der Waals surface area (Å²) in [4.78, 5) is 33.2. The van der Waals surface area contributed by atoms with E-state index in [4.69, 9.17) is 0 Å². The maximum Gasteiger partial charge on any atom is 0.280 e. The number of nitrogens with zero attached hydrogens (tertiary/aromatic N) is 2. The Morgan fingerprint density at radius 3 is 2.43 bits per heavy atom. The zero-order valence-corrected chi connectivity index (χ0v) is 21.8. The first kappa shape index (κ1) is 26.6. The van der Waals surface area contributed by atoms with E-state index in [2.05, 4.69) is 20.6 Å². The summed E-state index contributed by atoms with van der Waals surface area (Å²) in [6.45, 7) is 7.77. The van der Waals surface area contributed by atoms with Crippen LogP contribution in [0, 0.1) is 11.7 Å². The number of imidazole rings is 1. The van der Waals surface area contributed by atoms with E-state index >= 15 is 0 Å². The molecule has 4 rings (SSSR count). The number of carbonyl (C=O) groups excluding carboxylic acids is 2. The van der Waals surface area contributed by atoms with Crippen LogP contribution in [0.3, 0.4) is 0 Å². The second kappa shape index (κ2) is 10.9. The van der Waals surface area contributed by atoms with Crippen LogP contribution in [-0.4, -0.2) is 44.7 Å². The second-order valence-corrected chi connectivity index (χ2v) is 10.8. The lowest BCUT2D eigenvalue weighted by Crippen LogP contribution is -2.38. The summed E-state index contributed by atoms with van der Waals surface area (Å²) in [6, 6.07) is 11.3. The van der Waals surface area contributed by atoms with Crippen molar-refractivity contribution < 1.29 is 19.1 Å². The number of aromatic nitrogens is 2. The molecule has 0 radical (unpaired) electrons. The highest BCUT2D eigenvalue weighted by Gasteiger charge is 2.29. The Hall–Kier alpha value is -3.46. The first-order valence-corrected chi connectivity index (χ1v) is 12.9. The molecule has 4 N–H and O–H groups in total. The van der Waals surface area contributed by atoms with Crippen molar-refractivity contribution in [1.29, 1.82) is 0 Å². The Morgan fingerprint density at radius 1 is 1.14 bits per heavy atom. The topological polar surface area (TPSA) is 112 Å². The van der Waals surface area contributed by atoms with Crippen LogP contribution in [0.4, 0.5) is 10.1 Å². The summed E-state index contributed by atoms with van der Waals surface area (Å²) < 4.78 is 15.4. The van der Waals surface area contributed by atoms with Crippen LogP contribution in [0.5, 0.6) is 0 Å². The molecule has 0 spiro atoms. The summed E-state index contributed by atoms with van der Waals surface area (Å²) >= 11 is 0. The summed E-state index contributed by atoms with van der Waals surface area (Å²) in [6.07, 6.45) is 3.01. The fraction of sp³-hybridized carbons (Fsp3) is 0.464. The van der Waals surface area contributed by atoms with Crippen molar-refractivity contribution >= 4 is 28.5 Å². The number of fused-ring (bicyclic) bond motifs is 1. The number of carbonyl (C=O) groups is 2. The Bertz CT molecular complexity index is 1330. The molecule has 0 atom stereocenters. The van der Waals surface area contributed by atoms with Gasteiger partial charge in [0.1, 0.15) is 5.82 Å². The SMILES string of the molecule is CC(C)NC(=O)[C@H]1CC[C@@H](n2/c(=N/C(=O)c3ccc(F)cc3)[nH]c3ccc(NCC(C)(C)O)cc32)CC1. The van der Waals surface area contributed by atoms with Crippen LogP contribution in [0.2, 0.25) is 0 Å². The molecule has 1 saturated carbocycles. The Kier molecular flexibility index (Phi) is 7.82. The molecule has 1 aliphatic carbocycles. The van der Waals surface area contributed by atoms with Crippen molar-refractivity contribution in [3.8, 4) is 0 Å². The molecule has 2 amide bonds. The van der Waals surface area contributed by atoms with E-state index in [1.807, 2.05) is 36.6 Å². The lowest BCUT2D eigenvalue weighted by atomic mass is 9.85. The molecule has 0 unspecified atom stereocenters. The zero-order valence-electron chi connectivity index (χ0n) is 21.8. The van der Waals surface area contributed by atoms with Crippen molar-refractivity contribution in [3.63, 3.8) is 0 Å². The molecule has 3 aromatic rings. The number of nitrogens with one attached hydrogen (secondary N) is 3. The molecule has 2 aromatic carbocycles. The number of H-pyrrole nitrogens is 1. The Balaban J connectivity index is 1.70. The number of aliphatic hydroxyl groups is 1. The monoisotopic (exact) mass is 509 g/mol. The standard InChI is InChI=1S/C28H36FN5O3/c1-17(2)31-25(35)19-7-12-22(13-8-19)34-24-15-21(30-16-28(3,4)37)11-14-23(24)32-27(34)33-26(36)18-5-9-20(29)10-6-18/h5-6,9-11,14-15,17,19,22,30,37H,7-8,12-13,16H2,1-4H3,(H,31,35)(H,32,33,36)/t19-,22+. The molecular formula is C28H36FN5O3. The third-order valence-corrected chi connectivity index (χ3v) is 6.62. The van der Waals surface area contributed by atoms with E-state index < -0.39 is 17.3 Å². The number of hydrogen-bond acceptors (Lipinski definition) is 4. The van der Waals surface area contributed by atoms with E-state index in [1.54, 1.807) is 13.8 Å². The average Bonchev–Trinajstić information content (AvgIpc) is 3.19. The summed E-state index contributed by atoms with van der Waals surface area (Å²) in [5.74, 6) is -0.825. The number of amides is 2. The van der Waals surface area contributed by atoms with Gasteiger partial charge in [-0.25, -0.2) is 4.39 Å². The van der Waals surface area contributed by atoms with Crippen LogP contribution in [0.15, 0.2) is 47.5 Å². The van der Waals surface area contributed by atoms with Gasteiger partial charge in [0.25, 0.3) is 5.91 Å². The van der Waals surface area contributed by atoms with Gasteiger partial charge in [0, 0.05) is 35.8 Å². The Morgan fingerprint density at radius 2 is 1.81 bits per heavy atom. The number of rotatable bonds is 7. The average molecular weight is 510 g/mol. The van der Waals surface area contributed by atoms with E-state index in [1.165, 1.54) is 24.3 Å². The van der Waals surface area contributed by atoms with Gasteiger partial charge in [-0.2, -0.15) is 4.99 Å². The summed E-state index contributed by atoms with van der Waals surface area (Å²) in [7, 11) is 0. The van der Waals surface area contributed by atoms with Gasteiger partial charge in [0.05, 0.1) is 16.6 Å². The maximum atomic E-state index is 13.4. The van der Waals surface area contributed by atoms with Crippen LogP contribution < -0.4 is 16.3 Å². The van der Waals surface area contributed by atoms with Crippen molar-refractivity contribution in [2.24, 2.45) is 10.9 Å². The van der Waals surface area contributed by atoms with Crippen molar-refractivity contribution in [1.82, 2.24) is 14.9 Å². The lowest BCUT2D eigenvalue weighted by Gasteiger charge is -2.29. The van der Waals surface area contributed by atoms with Gasteiger partial charge < -0.3 is 25.3 Å². The molecule has 9 heteroatoms. The fourth-order valence-electron chi connectivity index (χ4n) is 4.76. The molecular weight excluding hydrogens is 473 g/mol. The summed E-state index contributed by atoms with van der Waals surface area (Å²) in [5, 5.41) is 16.4. The van der Waals surface area contributed by atoms with Gasteiger partial charge in [0.15, 0.2) is 0 Å². The molecule has 1 aromatic heterocycles. The molecule has 198 valence electrons. The van der Waals surface area contributed by atoms with E-state index in [-0.39, 0.29) is 23.9 Å². The van der Waals surface area contributed by atoms with E-state index in [0.29, 0.717) is 17.7 Å². The minimum atomic E-state index is -0.875. The second-order valence-electron chi connectivity index (χ2n) is 10.8. The van der Waals surface area contributed by atoms with Crippen LogP contribution in [0.1, 0.15) is 69.8 Å². The Labute approximate surface area is 216 Å². The molecule has 37 heavy (non-hydrogen) atoms. The minimum Gasteiger partial charge on any atom is -0.389 e. The third-order valence-electron chi connectivity index (χ3n) is 6.62. The molecule has 0 aliphatic heterocycles. The molecule has 8 nitrogen and oxygen atoms in total. The highest BCUT2D eigenvalue weighted by Crippen LogP contribution is 2.34. The maximum absolute atomic E-state index is 13.4. The lowest BCUT2D eigenvalue weighted by molar-refractivity contribution is -0.126. The smallest absolute Gasteiger partial charge is 0.280 e. The van der Waals surface area contributed by atoms with E-state index in [0.717, 1.165) is 42.4 Å². The van der Waals surface area contributed by atoms with Crippen LogP contribution in [-0.2, 0) is 4.79 Å². The number of benzene rings is 2. The highest BCUT2D eigenvalue weighted by atomic mass is 19.1. The summed E-state index contributed by atoms with van der Waals surface area (Å²) in [5.41, 5.74) is 2.37. The predicted molar refractivity (Wildman–Crippen MR) is 142 cm³/mol. The molecule has 1 heterocycles. The first-order valence-electron chi connectivity index (χ1n) is 12.9. The molecule has 1 aliphatic rings. The fourth-order valence-corrected chi connectivity index (χ4v) is 4.76. The highest BCUT2D eigenvalue weighted by molar-refractivity contribution is 5.95. The number of halogens is 1. The predicted octanol–water partition coefficient (Wildman–Crippen LogP) is 4.29. The molecule has 0 bridgehead atoms. The first-order chi connectivity index (χ1) is 17.5.